The topological polar surface area (TPSA) is 161 Å². The highest BCUT2D eigenvalue weighted by atomic mass is 32.2. The molecule has 0 unspecified atom stereocenters. The minimum absolute atomic E-state index is 0. The van der Waals surface area contributed by atoms with Crippen LogP contribution < -0.4 is 4.74 Å². The largest absolute Gasteiger partial charge is 0.495 e. The average Bonchev–Trinajstić information content (AvgIpc) is 2.79. The Balaban J connectivity index is 0.00000242. The van der Waals surface area contributed by atoms with Crippen LogP contribution in [0.15, 0.2) is 23.1 Å². The number of hydrogen-bond acceptors (Lipinski definition) is 5. The second-order valence-corrected chi connectivity index (χ2v) is 5.61. The number of carbonyl (C=O) groups is 1. The van der Waals surface area contributed by atoms with Crippen LogP contribution in [0, 0.1) is 6.92 Å². The zero-order chi connectivity index (χ0) is 15.8. The van der Waals surface area contributed by atoms with Crippen LogP contribution in [-0.4, -0.2) is 46.8 Å². The fraction of sp³-hybridized carbons (Fsp3) is 0.167. The van der Waals surface area contributed by atoms with E-state index in [0.717, 1.165) is 6.07 Å². The van der Waals surface area contributed by atoms with Gasteiger partial charge in [-0.2, -0.15) is 13.5 Å². The van der Waals surface area contributed by atoms with E-state index in [1.54, 1.807) is 0 Å². The molecule has 1 aromatic heterocycles. The monoisotopic (exact) mass is 330 g/mol. The minimum Gasteiger partial charge on any atom is -0.495 e. The maximum Gasteiger partial charge on any atom is 0.339 e. The quantitative estimate of drug-likeness (QED) is 0.688. The van der Waals surface area contributed by atoms with E-state index in [0.29, 0.717) is 5.69 Å². The number of benzene rings is 1. The van der Waals surface area contributed by atoms with Crippen molar-refractivity contribution in [1.29, 1.82) is 0 Å². The summed E-state index contributed by atoms with van der Waals surface area (Å²) in [5.74, 6) is -1.24. The van der Waals surface area contributed by atoms with E-state index in [1.807, 2.05) is 0 Å². The number of H-pyrrole nitrogens is 1. The Kier molecular flexibility index (Phi) is 4.91. The molecule has 0 bridgehead atoms. The highest BCUT2D eigenvalue weighted by molar-refractivity contribution is 7.86. The number of aryl methyl sites for hydroxylation is 1. The molecule has 120 valence electrons. The summed E-state index contributed by atoms with van der Waals surface area (Å²) >= 11 is 0. The molecule has 22 heavy (non-hydrogen) atoms. The molecule has 2 aromatic rings. The Morgan fingerprint density at radius 1 is 1.36 bits per heavy atom. The summed E-state index contributed by atoms with van der Waals surface area (Å²) in [7, 11) is -3.26. The highest BCUT2D eigenvalue weighted by Gasteiger charge is 2.22. The maximum absolute atomic E-state index is 11.4. The summed E-state index contributed by atoms with van der Waals surface area (Å²) in [5, 5.41) is 15.6. The summed E-state index contributed by atoms with van der Waals surface area (Å²) in [6.07, 6.45) is 0. The fourth-order valence-electron chi connectivity index (χ4n) is 1.93. The van der Waals surface area contributed by atoms with Crippen LogP contribution in [0.25, 0.3) is 11.3 Å². The van der Waals surface area contributed by atoms with Crippen molar-refractivity contribution in [3.05, 3.63) is 29.5 Å². The number of ether oxygens (including phenoxy) is 1. The van der Waals surface area contributed by atoms with Crippen molar-refractivity contribution in [2.45, 2.75) is 11.8 Å². The van der Waals surface area contributed by atoms with Crippen molar-refractivity contribution in [3.8, 4) is 17.0 Å². The van der Waals surface area contributed by atoms with Gasteiger partial charge in [0.2, 0.25) is 0 Å². The lowest BCUT2D eigenvalue weighted by molar-refractivity contribution is 0.0697. The third-order valence-corrected chi connectivity index (χ3v) is 3.75. The first-order chi connectivity index (χ1) is 9.75. The van der Waals surface area contributed by atoms with Gasteiger partial charge in [0.15, 0.2) is 0 Å². The van der Waals surface area contributed by atoms with Crippen LogP contribution in [0.4, 0.5) is 0 Å². The molecule has 0 atom stereocenters. The molecule has 5 N–H and O–H groups in total. The van der Waals surface area contributed by atoms with Gasteiger partial charge in [-0.25, -0.2) is 4.79 Å². The van der Waals surface area contributed by atoms with Crippen LogP contribution >= 0.6 is 0 Å². The van der Waals surface area contributed by atoms with Crippen LogP contribution in [0.1, 0.15) is 16.1 Å². The third kappa shape index (κ3) is 3.08. The summed E-state index contributed by atoms with van der Waals surface area (Å²) in [6.45, 7) is 1.53. The van der Waals surface area contributed by atoms with E-state index in [-0.39, 0.29) is 28.0 Å². The van der Waals surface area contributed by atoms with Gasteiger partial charge in [-0.1, -0.05) is 0 Å². The average molecular weight is 330 g/mol. The number of aromatic amines is 1. The number of aromatic carboxylic acids is 1. The summed E-state index contributed by atoms with van der Waals surface area (Å²) in [5.41, 5.74) is 0.570. The Hall–Kier alpha value is -2.43. The standard InChI is InChI=1S/C12H12N2O6S.H2O/c1-6-10(12(15)16)11(14-13-6)7-3-4-8(20-2)9(5-7)21(17,18)19;/h3-5H,1-2H3,(H,13,14)(H,15,16)(H,17,18,19);1H2. The van der Waals surface area contributed by atoms with Crippen molar-refractivity contribution < 1.29 is 33.1 Å². The second kappa shape index (κ2) is 6.13. The van der Waals surface area contributed by atoms with Crippen molar-refractivity contribution in [1.82, 2.24) is 10.2 Å². The van der Waals surface area contributed by atoms with Crippen molar-refractivity contribution in [2.24, 2.45) is 0 Å². The van der Waals surface area contributed by atoms with Gasteiger partial charge in [0.1, 0.15) is 21.9 Å². The van der Waals surface area contributed by atoms with E-state index >= 15 is 0 Å². The van der Waals surface area contributed by atoms with Crippen LogP contribution in [0.3, 0.4) is 0 Å². The number of aromatic nitrogens is 2. The molecule has 0 saturated carbocycles. The van der Waals surface area contributed by atoms with Crippen LogP contribution in [-0.2, 0) is 10.1 Å². The van der Waals surface area contributed by atoms with Gasteiger partial charge in [-0.15, -0.1) is 0 Å². The predicted octanol–water partition coefficient (Wildman–Crippen LogP) is 0.514. The Morgan fingerprint density at radius 3 is 2.50 bits per heavy atom. The van der Waals surface area contributed by atoms with E-state index < -0.39 is 21.0 Å². The zero-order valence-electron chi connectivity index (χ0n) is 11.6. The van der Waals surface area contributed by atoms with Gasteiger partial charge in [-0.3, -0.25) is 9.65 Å². The molecule has 2 rings (SSSR count). The summed E-state index contributed by atoms with van der Waals surface area (Å²) in [4.78, 5) is 10.8. The lowest BCUT2D eigenvalue weighted by Crippen LogP contribution is -2.03. The molecule has 0 radical (unpaired) electrons. The number of methoxy groups -OCH3 is 1. The molecule has 0 fully saturated rings. The first-order valence-corrected chi connectivity index (χ1v) is 7.14. The van der Waals surface area contributed by atoms with E-state index in [2.05, 4.69) is 10.2 Å². The molecule has 9 nitrogen and oxygen atoms in total. The van der Waals surface area contributed by atoms with Crippen LogP contribution in [0.5, 0.6) is 5.75 Å². The fourth-order valence-corrected chi connectivity index (χ4v) is 2.61. The zero-order valence-corrected chi connectivity index (χ0v) is 12.4. The van der Waals surface area contributed by atoms with Gasteiger partial charge < -0.3 is 15.3 Å². The Labute approximate surface area is 125 Å². The number of rotatable bonds is 4. The molecule has 0 aliphatic carbocycles. The van der Waals surface area contributed by atoms with Gasteiger partial charge in [-0.05, 0) is 25.1 Å². The molecule has 0 aliphatic rings. The molecular formula is C12H14N2O7S. The van der Waals surface area contributed by atoms with Gasteiger partial charge in [0.25, 0.3) is 10.1 Å². The third-order valence-electron chi connectivity index (χ3n) is 2.88. The maximum atomic E-state index is 11.4. The van der Waals surface area contributed by atoms with Gasteiger partial charge in [0.05, 0.1) is 7.11 Å². The molecule has 10 heteroatoms. The van der Waals surface area contributed by atoms with Gasteiger partial charge >= 0.3 is 5.97 Å². The second-order valence-electron chi connectivity index (χ2n) is 4.22. The number of hydrogen-bond donors (Lipinski definition) is 3. The predicted molar refractivity (Wildman–Crippen MR) is 75.7 cm³/mol. The van der Waals surface area contributed by atoms with Gasteiger partial charge in [0, 0.05) is 11.3 Å². The molecule has 0 aliphatic heterocycles. The van der Waals surface area contributed by atoms with Crippen molar-refractivity contribution in [3.63, 3.8) is 0 Å². The summed E-state index contributed by atoms with van der Waals surface area (Å²) < 4.78 is 36.8. The number of carboxylic acid groups (broad SMARTS) is 1. The number of carboxylic acids is 1. The van der Waals surface area contributed by atoms with E-state index in [4.69, 9.17) is 4.74 Å². The van der Waals surface area contributed by atoms with E-state index in [9.17, 15) is 22.9 Å². The molecule has 1 heterocycles. The Morgan fingerprint density at radius 2 is 2.00 bits per heavy atom. The first-order valence-electron chi connectivity index (χ1n) is 5.70. The number of nitrogens with one attached hydrogen (secondary N) is 1. The lowest BCUT2D eigenvalue weighted by Gasteiger charge is -2.08. The molecule has 0 saturated heterocycles. The highest BCUT2D eigenvalue weighted by Crippen LogP contribution is 2.31. The molecular weight excluding hydrogens is 316 g/mol. The molecule has 0 amide bonds. The van der Waals surface area contributed by atoms with E-state index in [1.165, 1.54) is 26.2 Å². The first kappa shape index (κ1) is 17.6. The number of nitrogens with zero attached hydrogens (tertiary/aromatic N) is 1. The van der Waals surface area contributed by atoms with Crippen LogP contribution in [0.2, 0.25) is 0 Å². The van der Waals surface area contributed by atoms with Crippen molar-refractivity contribution >= 4 is 16.1 Å². The van der Waals surface area contributed by atoms with Crippen molar-refractivity contribution in [2.75, 3.05) is 7.11 Å². The normalized spacial score (nSPS) is 10.9. The Bertz CT molecular complexity index is 811. The molecule has 1 aromatic carbocycles. The summed E-state index contributed by atoms with van der Waals surface area (Å²) in [6, 6.07) is 3.87. The molecule has 0 spiro atoms. The SMILES string of the molecule is COc1ccc(-c2n[nH]c(C)c2C(=O)O)cc1S(=O)(=O)O.O. The lowest BCUT2D eigenvalue weighted by atomic mass is 10.1. The minimum atomic E-state index is -4.51. The smallest absolute Gasteiger partial charge is 0.339 e.